The molecular formula is C21H24N2O2S. The van der Waals surface area contributed by atoms with Crippen molar-refractivity contribution in [2.75, 3.05) is 0 Å². The summed E-state index contributed by atoms with van der Waals surface area (Å²) in [6, 6.07) is 16.0. The summed E-state index contributed by atoms with van der Waals surface area (Å²) in [4.78, 5) is 7.00. The van der Waals surface area contributed by atoms with Gasteiger partial charge in [0.05, 0.1) is 4.90 Å². The molecule has 0 spiro atoms. The summed E-state index contributed by atoms with van der Waals surface area (Å²) in [7, 11) is -3.60. The first kappa shape index (κ1) is 18.4. The van der Waals surface area contributed by atoms with Crippen molar-refractivity contribution < 1.29 is 8.42 Å². The lowest BCUT2D eigenvalue weighted by atomic mass is 10.0. The minimum Gasteiger partial charge on any atom is -0.335 e. The van der Waals surface area contributed by atoms with Crippen molar-refractivity contribution in [1.82, 2.24) is 9.97 Å². The minimum atomic E-state index is -3.60. The first-order valence-electron chi connectivity index (χ1n) is 8.95. The Balaban J connectivity index is 1.65. The van der Waals surface area contributed by atoms with Gasteiger partial charge in [-0.3, -0.25) is 0 Å². The maximum Gasteiger partial charge on any atom is 0.240 e. The molecule has 5 heteroatoms. The number of sulfone groups is 1. The van der Waals surface area contributed by atoms with Gasteiger partial charge in [-0.15, -0.1) is 0 Å². The van der Waals surface area contributed by atoms with Gasteiger partial charge in [0, 0.05) is 12.4 Å². The third kappa shape index (κ3) is 4.41. The highest BCUT2D eigenvalue weighted by molar-refractivity contribution is 7.91. The van der Waals surface area contributed by atoms with Gasteiger partial charge in [-0.05, 0) is 49.8 Å². The molecule has 2 aromatic carbocycles. The van der Waals surface area contributed by atoms with Gasteiger partial charge in [0.2, 0.25) is 15.0 Å². The van der Waals surface area contributed by atoms with E-state index in [1.165, 1.54) is 18.0 Å². The van der Waals surface area contributed by atoms with Gasteiger partial charge in [0.1, 0.15) is 0 Å². The number of H-pyrrole nitrogens is 1. The Hall–Kier alpha value is -2.40. The second-order valence-electron chi connectivity index (χ2n) is 6.56. The average molecular weight is 369 g/mol. The molecule has 1 heterocycles. The van der Waals surface area contributed by atoms with Crippen molar-refractivity contribution in [3.05, 3.63) is 77.6 Å². The van der Waals surface area contributed by atoms with Gasteiger partial charge in [-0.2, -0.15) is 0 Å². The summed E-state index contributed by atoms with van der Waals surface area (Å²) in [6.07, 6.45) is 7.96. The smallest absolute Gasteiger partial charge is 0.240 e. The highest BCUT2D eigenvalue weighted by Crippen LogP contribution is 2.24. The van der Waals surface area contributed by atoms with Gasteiger partial charge in [0.25, 0.3) is 0 Å². The highest BCUT2D eigenvalue weighted by atomic mass is 32.2. The molecule has 0 saturated heterocycles. The van der Waals surface area contributed by atoms with Crippen molar-refractivity contribution in [3.8, 4) is 0 Å². The Morgan fingerprint density at radius 2 is 1.73 bits per heavy atom. The van der Waals surface area contributed by atoms with Crippen LogP contribution < -0.4 is 0 Å². The lowest BCUT2D eigenvalue weighted by molar-refractivity contribution is 0.586. The molecule has 0 unspecified atom stereocenters. The number of hydrogen-bond donors (Lipinski definition) is 1. The first-order chi connectivity index (χ1) is 12.6. The number of hydrogen-bond acceptors (Lipinski definition) is 3. The number of nitrogens with one attached hydrogen (secondary N) is 1. The Morgan fingerprint density at radius 3 is 2.46 bits per heavy atom. The Kier molecular flexibility index (Phi) is 5.89. The zero-order chi connectivity index (χ0) is 18.4. The second kappa shape index (κ2) is 8.32. The van der Waals surface area contributed by atoms with Gasteiger partial charge in [-0.1, -0.05) is 54.4 Å². The van der Waals surface area contributed by atoms with Crippen LogP contribution in [-0.4, -0.2) is 18.4 Å². The van der Waals surface area contributed by atoms with Crippen molar-refractivity contribution in [2.45, 2.75) is 49.1 Å². The molecule has 0 aliphatic carbocycles. The second-order valence-corrected chi connectivity index (χ2v) is 8.39. The number of unbranched alkanes of at least 4 members (excludes halogenated alkanes) is 2. The van der Waals surface area contributed by atoms with Crippen molar-refractivity contribution >= 4 is 9.84 Å². The molecule has 1 N–H and O–H groups in total. The predicted octanol–water partition coefficient (Wildman–Crippen LogP) is 4.51. The molecule has 0 fully saturated rings. The molecule has 0 saturated carbocycles. The Morgan fingerprint density at radius 1 is 0.962 bits per heavy atom. The topological polar surface area (TPSA) is 62.8 Å². The van der Waals surface area contributed by atoms with Crippen LogP contribution in [0.4, 0.5) is 0 Å². The summed E-state index contributed by atoms with van der Waals surface area (Å²) in [5.41, 5.74) is 3.30. The molecule has 3 rings (SSSR count). The summed E-state index contributed by atoms with van der Waals surface area (Å²) in [5, 5.41) is 0.00619. The van der Waals surface area contributed by atoms with Crippen LogP contribution >= 0.6 is 0 Å². The lowest BCUT2D eigenvalue weighted by Crippen LogP contribution is -2.08. The molecule has 4 nitrogen and oxygen atoms in total. The number of nitrogens with zero attached hydrogens (tertiary/aromatic N) is 1. The molecule has 0 atom stereocenters. The Labute approximate surface area is 155 Å². The first-order valence-corrected chi connectivity index (χ1v) is 10.4. The molecule has 0 bridgehead atoms. The van der Waals surface area contributed by atoms with Crippen LogP contribution in [-0.2, 0) is 22.7 Å². The minimum absolute atomic E-state index is 0.00619. The monoisotopic (exact) mass is 368 g/mol. The zero-order valence-electron chi connectivity index (χ0n) is 15.0. The quantitative estimate of drug-likeness (QED) is 0.595. The fraction of sp³-hybridized carbons (Fsp3) is 0.286. The fourth-order valence-corrected chi connectivity index (χ4v) is 4.52. The van der Waals surface area contributed by atoms with Crippen molar-refractivity contribution in [3.63, 3.8) is 0 Å². The largest absolute Gasteiger partial charge is 0.335 e. The van der Waals surface area contributed by atoms with Gasteiger partial charge in [-0.25, -0.2) is 13.4 Å². The van der Waals surface area contributed by atoms with E-state index < -0.39 is 9.84 Å². The molecule has 3 aromatic rings. The van der Waals surface area contributed by atoms with Crippen LogP contribution in [0.15, 0.2) is 71.0 Å². The molecule has 1 aromatic heterocycles. The highest BCUT2D eigenvalue weighted by Gasteiger charge is 2.23. The van der Waals surface area contributed by atoms with Crippen LogP contribution in [0.25, 0.3) is 0 Å². The van der Waals surface area contributed by atoms with E-state index in [1.54, 1.807) is 6.07 Å². The van der Waals surface area contributed by atoms with Gasteiger partial charge in [0.15, 0.2) is 0 Å². The summed E-state index contributed by atoms with van der Waals surface area (Å²) in [5.74, 6) is 0. The molecule has 0 aliphatic heterocycles. The van der Waals surface area contributed by atoms with Crippen molar-refractivity contribution in [1.29, 1.82) is 0 Å². The molecule has 136 valence electrons. The average Bonchev–Trinajstić information content (AvgIpc) is 3.18. The van der Waals surface area contributed by atoms with Crippen LogP contribution in [0, 0.1) is 6.92 Å². The molecule has 0 radical (unpaired) electrons. The fourth-order valence-electron chi connectivity index (χ4n) is 3.13. The van der Waals surface area contributed by atoms with E-state index in [9.17, 15) is 8.42 Å². The normalized spacial score (nSPS) is 11.6. The summed E-state index contributed by atoms with van der Waals surface area (Å²) < 4.78 is 25.6. The number of benzene rings is 2. The molecular weight excluding hydrogens is 344 g/mol. The third-order valence-electron chi connectivity index (χ3n) is 4.49. The lowest BCUT2D eigenvalue weighted by Gasteiger charge is -2.10. The standard InChI is InChI=1S/C21H24N2O2S/c1-17-12-13-20(26(24,25)21-22-14-15-23-21)19(16-17)11-7-3-6-10-18-8-4-2-5-9-18/h2,4-5,8-9,12-16H,3,6-7,10-11H2,1H3,(H,22,23). The molecule has 0 aliphatic rings. The van der Waals surface area contributed by atoms with E-state index in [0.717, 1.165) is 43.2 Å². The van der Waals surface area contributed by atoms with Crippen molar-refractivity contribution in [2.24, 2.45) is 0 Å². The van der Waals surface area contributed by atoms with E-state index in [-0.39, 0.29) is 5.16 Å². The van der Waals surface area contributed by atoms with Crippen LogP contribution in [0.1, 0.15) is 36.0 Å². The van der Waals surface area contributed by atoms with Gasteiger partial charge >= 0.3 is 0 Å². The number of aryl methyl sites for hydroxylation is 3. The van der Waals surface area contributed by atoms with E-state index in [4.69, 9.17) is 0 Å². The maximum atomic E-state index is 12.8. The molecule has 26 heavy (non-hydrogen) atoms. The third-order valence-corrected chi connectivity index (χ3v) is 6.20. The SMILES string of the molecule is Cc1ccc(S(=O)(=O)c2ncc[nH]2)c(CCCCCc2ccccc2)c1. The van der Waals surface area contributed by atoms with E-state index in [1.807, 2.05) is 25.1 Å². The zero-order valence-corrected chi connectivity index (χ0v) is 15.8. The number of aromatic amines is 1. The Bertz CT molecular complexity index is 933. The number of rotatable bonds is 8. The van der Waals surface area contributed by atoms with Gasteiger partial charge < -0.3 is 4.98 Å². The van der Waals surface area contributed by atoms with Crippen LogP contribution in [0.2, 0.25) is 0 Å². The molecule has 0 amide bonds. The van der Waals surface area contributed by atoms with E-state index in [0.29, 0.717) is 4.90 Å². The number of aromatic nitrogens is 2. The number of imidazole rings is 1. The predicted molar refractivity (Wildman–Crippen MR) is 103 cm³/mol. The van der Waals surface area contributed by atoms with E-state index in [2.05, 4.69) is 34.2 Å². The summed E-state index contributed by atoms with van der Waals surface area (Å²) >= 11 is 0. The van der Waals surface area contributed by atoms with Crippen LogP contribution in [0.3, 0.4) is 0 Å². The van der Waals surface area contributed by atoms with Crippen LogP contribution in [0.5, 0.6) is 0 Å². The van der Waals surface area contributed by atoms with E-state index >= 15 is 0 Å². The summed E-state index contributed by atoms with van der Waals surface area (Å²) in [6.45, 7) is 1.99. The maximum absolute atomic E-state index is 12.8.